The minimum atomic E-state index is -0.324. The first kappa shape index (κ1) is 15.3. The number of anilines is 1. The van der Waals surface area contributed by atoms with Crippen molar-refractivity contribution in [1.29, 1.82) is 0 Å². The normalized spacial score (nSPS) is 24.6. The van der Waals surface area contributed by atoms with E-state index >= 15 is 0 Å². The van der Waals surface area contributed by atoms with Crippen LogP contribution in [-0.4, -0.2) is 11.0 Å². The lowest BCUT2D eigenvalue weighted by molar-refractivity contribution is -0.385. The number of hydrogen-bond donors (Lipinski definition) is 1. The van der Waals surface area contributed by atoms with Crippen molar-refractivity contribution in [2.24, 2.45) is 11.3 Å². The Bertz CT molecular complexity index is 543. The number of rotatable bonds is 3. The topological polar surface area (TPSA) is 55.2 Å². The summed E-state index contributed by atoms with van der Waals surface area (Å²) in [6, 6.07) is 3.81. The van der Waals surface area contributed by atoms with Crippen molar-refractivity contribution >= 4 is 27.3 Å². The number of benzene rings is 1. The lowest BCUT2D eigenvalue weighted by Crippen LogP contribution is -2.22. The molecule has 1 N–H and O–H groups in total. The molecule has 4 nitrogen and oxygen atoms in total. The van der Waals surface area contributed by atoms with Crippen molar-refractivity contribution < 1.29 is 4.92 Å². The van der Waals surface area contributed by atoms with Gasteiger partial charge in [0.15, 0.2) is 0 Å². The third-order valence-corrected chi connectivity index (χ3v) is 4.81. The van der Waals surface area contributed by atoms with Crippen molar-refractivity contribution in [1.82, 2.24) is 0 Å². The number of nitro groups is 1. The second kappa shape index (κ2) is 5.35. The van der Waals surface area contributed by atoms with Crippen LogP contribution in [-0.2, 0) is 0 Å². The molecule has 0 radical (unpaired) electrons. The molecule has 110 valence electrons. The molecule has 0 saturated heterocycles. The van der Waals surface area contributed by atoms with Gasteiger partial charge in [0.1, 0.15) is 0 Å². The highest BCUT2D eigenvalue weighted by atomic mass is 79.9. The Morgan fingerprint density at radius 2 is 2.05 bits per heavy atom. The molecule has 2 unspecified atom stereocenters. The van der Waals surface area contributed by atoms with Crippen LogP contribution in [0.15, 0.2) is 16.6 Å². The Labute approximate surface area is 128 Å². The summed E-state index contributed by atoms with van der Waals surface area (Å²) in [5.74, 6) is 0.567. The van der Waals surface area contributed by atoms with Crippen LogP contribution in [0.5, 0.6) is 0 Å². The molecule has 0 spiro atoms. The zero-order chi connectivity index (χ0) is 15.1. The first-order valence-electron chi connectivity index (χ1n) is 6.91. The molecule has 1 aromatic rings. The highest BCUT2D eigenvalue weighted by Gasteiger charge is 2.36. The Morgan fingerprint density at radius 3 is 2.55 bits per heavy atom. The molecule has 2 rings (SSSR count). The van der Waals surface area contributed by atoms with E-state index < -0.39 is 0 Å². The Balaban J connectivity index is 2.26. The summed E-state index contributed by atoms with van der Waals surface area (Å²) in [5.41, 5.74) is 1.99. The molecule has 0 aromatic heterocycles. The third kappa shape index (κ3) is 3.14. The predicted molar refractivity (Wildman–Crippen MR) is 85.1 cm³/mol. The standard InChI is InChI=1S/C15H21BrN2O2/c1-9-5-11(16)12(6-14(9)18(19)20)17-13-8-15(3,4)7-10(13)2/h5-6,10,13,17H,7-8H2,1-4H3. The van der Waals surface area contributed by atoms with Crippen LogP contribution >= 0.6 is 15.9 Å². The van der Waals surface area contributed by atoms with Gasteiger partial charge in [0.05, 0.1) is 10.6 Å². The molecule has 0 bridgehead atoms. The van der Waals surface area contributed by atoms with Gasteiger partial charge in [-0.1, -0.05) is 20.8 Å². The smallest absolute Gasteiger partial charge is 0.274 e. The molecule has 1 fully saturated rings. The predicted octanol–water partition coefficient (Wildman–Crippen LogP) is 4.90. The van der Waals surface area contributed by atoms with Crippen LogP contribution in [0.2, 0.25) is 0 Å². The van der Waals surface area contributed by atoms with Crippen molar-refractivity contribution in [2.45, 2.75) is 46.6 Å². The Morgan fingerprint density at radius 1 is 1.40 bits per heavy atom. The first-order chi connectivity index (χ1) is 9.19. The summed E-state index contributed by atoms with van der Waals surface area (Å²) in [6.07, 6.45) is 2.26. The number of halogens is 1. The van der Waals surface area contributed by atoms with Crippen molar-refractivity contribution in [3.8, 4) is 0 Å². The van der Waals surface area contributed by atoms with Gasteiger partial charge in [0.25, 0.3) is 5.69 Å². The maximum atomic E-state index is 11.1. The molecule has 1 aliphatic carbocycles. The van der Waals surface area contributed by atoms with Gasteiger partial charge in [-0.05, 0) is 53.1 Å². The van der Waals surface area contributed by atoms with E-state index in [9.17, 15) is 10.1 Å². The van der Waals surface area contributed by atoms with Crippen LogP contribution in [0.3, 0.4) is 0 Å². The summed E-state index contributed by atoms with van der Waals surface area (Å²) in [6.45, 7) is 8.55. The molecule has 0 aliphatic heterocycles. The van der Waals surface area contributed by atoms with Gasteiger partial charge in [-0.25, -0.2) is 0 Å². The lowest BCUT2D eigenvalue weighted by atomic mass is 9.91. The van der Waals surface area contributed by atoms with E-state index in [0.717, 1.165) is 16.6 Å². The molecule has 1 saturated carbocycles. The summed E-state index contributed by atoms with van der Waals surface area (Å²) in [7, 11) is 0. The van der Waals surface area contributed by atoms with Crippen molar-refractivity contribution in [2.75, 3.05) is 5.32 Å². The molecule has 1 aliphatic rings. The van der Waals surface area contributed by atoms with E-state index in [0.29, 0.717) is 22.9 Å². The van der Waals surface area contributed by atoms with Gasteiger partial charge in [-0.3, -0.25) is 10.1 Å². The van der Waals surface area contributed by atoms with Gasteiger partial charge < -0.3 is 5.32 Å². The summed E-state index contributed by atoms with van der Waals surface area (Å²) in [4.78, 5) is 10.7. The highest BCUT2D eigenvalue weighted by molar-refractivity contribution is 9.10. The number of nitro benzene ring substituents is 1. The zero-order valence-electron chi connectivity index (χ0n) is 12.4. The SMILES string of the molecule is Cc1cc(Br)c(NC2CC(C)(C)CC2C)cc1[N+](=O)[O-]. The van der Waals surface area contributed by atoms with E-state index in [4.69, 9.17) is 0 Å². The fraction of sp³-hybridized carbons (Fsp3) is 0.600. The van der Waals surface area contributed by atoms with E-state index in [2.05, 4.69) is 42.0 Å². The average molecular weight is 341 g/mol. The molecule has 5 heteroatoms. The quantitative estimate of drug-likeness (QED) is 0.628. The van der Waals surface area contributed by atoms with Crippen LogP contribution in [0.25, 0.3) is 0 Å². The van der Waals surface area contributed by atoms with E-state index in [1.807, 2.05) is 6.07 Å². The second-order valence-electron chi connectivity index (χ2n) is 6.68. The summed E-state index contributed by atoms with van der Waals surface area (Å²) in [5, 5.41) is 14.5. The molecule has 20 heavy (non-hydrogen) atoms. The minimum absolute atomic E-state index is 0.167. The van der Waals surface area contributed by atoms with Crippen LogP contribution in [0.1, 0.15) is 39.2 Å². The second-order valence-corrected chi connectivity index (χ2v) is 7.53. The molecular weight excluding hydrogens is 320 g/mol. The maximum absolute atomic E-state index is 11.1. The number of nitrogens with zero attached hydrogens (tertiary/aromatic N) is 1. The number of aryl methyl sites for hydroxylation is 1. The maximum Gasteiger partial charge on any atom is 0.274 e. The molecule has 2 atom stereocenters. The summed E-state index contributed by atoms with van der Waals surface area (Å²) < 4.78 is 0.887. The zero-order valence-corrected chi connectivity index (χ0v) is 14.0. The van der Waals surface area contributed by atoms with Gasteiger partial charge in [-0.15, -0.1) is 0 Å². The van der Waals surface area contributed by atoms with Gasteiger partial charge in [0.2, 0.25) is 0 Å². The highest BCUT2D eigenvalue weighted by Crippen LogP contribution is 2.43. The molecule has 0 heterocycles. The number of hydrogen-bond acceptors (Lipinski definition) is 3. The van der Waals surface area contributed by atoms with E-state index in [-0.39, 0.29) is 10.6 Å². The third-order valence-electron chi connectivity index (χ3n) is 4.16. The van der Waals surface area contributed by atoms with Crippen molar-refractivity contribution in [3.05, 3.63) is 32.3 Å². The van der Waals surface area contributed by atoms with E-state index in [1.165, 1.54) is 6.42 Å². The van der Waals surface area contributed by atoms with Crippen LogP contribution in [0.4, 0.5) is 11.4 Å². The summed E-state index contributed by atoms with van der Waals surface area (Å²) >= 11 is 3.50. The number of nitrogens with one attached hydrogen (secondary N) is 1. The first-order valence-corrected chi connectivity index (χ1v) is 7.70. The monoisotopic (exact) mass is 340 g/mol. The van der Waals surface area contributed by atoms with E-state index in [1.54, 1.807) is 13.0 Å². The molecule has 0 amide bonds. The van der Waals surface area contributed by atoms with Gasteiger partial charge in [-0.2, -0.15) is 0 Å². The van der Waals surface area contributed by atoms with Crippen LogP contribution < -0.4 is 5.32 Å². The molecule has 1 aromatic carbocycles. The fourth-order valence-corrected chi connectivity index (χ4v) is 3.83. The minimum Gasteiger partial charge on any atom is -0.381 e. The van der Waals surface area contributed by atoms with Crippen molar-refractivity contribution in [3.63, 3.8) is 0 Å². The fourth-order valence-electron chi connectivity index (χ4n) is 3.26. The largest absolute Gasteiger partial charge is 0.381 e. The lowest BCUT2D eigenvalue weighted by Gasteiger charge is -2.21. The van der Waals surface area contributed by atoms with Gasteiger partial charge >= 0.3 is 0 Å². The Kier molecular flexibility index (Phi) is 4.09. The van der Waals surface area contributed by atoms with Gasteiger partial charge in [0, 0.05) is 22.1 Å². The Hall–Kier alpha value is -1.10. The van der Waals surface area contributed by atoms with Crippen LogP contribution in [0, 0.1) is 28.4 Å². The average Bonchev–Trinajstić information content (AvgIpc) is 2.55. The molecular formula is C15H21BrN2O2.